The first kappa shape index (κ1) is 13.6. The Morgan fingerprint density at radius 3 is 2.32 bits per heavy atom. The Balaban J connectivity index is 2.15. The van der Waals surface area contributed by atoms with Crippen LogP contribution in [0.4, 0.5) is 17.6 Å². The van der Waals surface area contributed by atoms with Crippen LogP contribution in [0.2, 0.25) is 0 Å². The number of rotatable bonds is 2. The van der Waals surface area contributed by atoms with Crippen LogP contribution in [-0.2, 0) is 0 Å². The average Bonchev–Trinajstić information content (AvgIpc) is 2.31. The van der Waals surface area contributed by atoms with E-state index in [1.165, 1.54) is 30.3 Å². The van der Waals surface area contributed by atoms with E-state index in [2.05, 4.69) is 4.74 Å². The van der Waals surface area contributed by atoms with E-state index in [4.69, 9.17) is 0 Å². The lowest BCUT2D eigenvalue weighted by Crippen LogP contribution is -2.17. The van der Waals surface area contributed by atoms with Gasteiger partial charge in [0.2, 0.25) is 0 Å². The van der Waals surface area contributed by atoms with E-state index in [0.29, 0.717) is 0 Å². The van der Waals surface area contributed by atoms with Crippen LogP contribution in [0.15, 0.2) is 47.8 Å². The number of halogens is 4. The molecular weight excluding hydrogens is 260 g/mol. The molecule has 1 aliphatic rings. The van der Waals surface area contributed by atoms with Gasteiger partial charge in [-0.05, 0) is 30.7 Å². The minimum absolute atomic E-state index is 0.134. The molecule has 0 bridgehead atoms. The van der Waals surface area contributed by atoms with Gasteiger partial charge < -0.3 is 4.74 Å². The molecule has 0 spiro atoms. The zero-order chi connectivity index (χ0) is 14.0. The van der Waals surface area contributed by atoms with Crippen LogP contribution in [0.25, 0.3) is 0 Å². The fraction of sp³-hybridized carbons (Fsp3) is 0.286. The highest BCUT2D eigenvalue weighted by molar-refractivity contribution is 5.37. The Labute approximate surface area is 108 Å². The van der Waals surface area contributed by atoms with Crippen LogP contribution in [0.5, 0.6) is 5.75 Å². The molecule has 0 fully saturated rings. The van der Waals surface area contributed by atoms with Gasteiger partial charge in [0.25, 0.3) is 0 Å². The Morgan fingerprint density at radius 1 is 1.11 bits per heavy atom. The lowest BCUT2D eigenvalue weighted by Gasteiger charge is -2.20. The first-order valence-electron chi connectivity index (χ1n) is 5.74. The van der Waals surface area contributed by atoms with Gasteiger partial charge in [-0.15, -0.1) is 13.2 Å². The lowest BCUT2D eigenvalue weighted by molar-refractivity contribution is -0.274. The first-order valence-corrected chi connectivity index (χ1v) is 5.74. The second-order valence-corrected chi connectivity index (χ2v) is 4.40. The number of allylic oxidation sites excluding steroid dienone is 4. The van der Waals surface area contributed by atoms with Crippen LogP contribution < -0.4 is 4.74 Å². The quantitative estimate of drug-likeness (QED) is 0.698. The smallest absolute Gasteiger partial charge is 0.406 e. The largest absolute Gasteiger partial charge is 0.573 e. The normalized spacial score (nSPS) is 19.7. The van der Waals surface area contributed by atoms with E-state index in [9.17, 15) is 17.6 Å². The zero-order valence-corrected chi connectivity index (χ0v) is 10.2. The van der Waals surface area contributed by atoms with Crippen LogP contribution in [0.3, 0.4) is 0 Å². The molecular formula is C14H12F4O. The van der Waals surface area contributed by atoms with Crippen molar-refractivity contribution in [2.24, 2.45) is 0 Å². The predicted octanol–water partition coefficient (Wildman–Crippen LogP) is 4.87. The molecule has 0 N–H and O–H groups in total. The highest BCUT2D eigenvalue weighted by Gasteiger charge is 2.31. The molecule has 0 saturated heterocycles. The van der Waals surface area contributed by atoms with Crippen molar-refractivity contribution in [3.8, 4) is 5.75 Å². The molecule has 1 unspecified atom stereocenters. The maximum Gasteiger partial charge on any atom is 0.573 e. The maximum atomic E-state index is 13.2. The maximum absolute atomic E-state index is 13.2. The monoisotopic (exact) mass is 272 g/mol. The van der Waals surface area contributed by atoms with E-state index in [1.807, 2.05) is 6.92 Å². The number of hydrogen-bond donors (Lipinski definition) is 0. The van der Waals surface area contributed by atoms with Gasteiger partial charge in [-0.3, -0.25) is 0 Å². The fourth-order valence-electron chi connectivity index (χ4n) is 2.04. The predicted molar refractivity (Wildman–Crippen MR) is 63.4 cm³/mol. The van der Waals surface area contributed by atoms with Gasteiger partial charge in [0.15, 0.2) is 0 Å². The molecule has 0 aliphatic heterocycles. The molecule has 1 aromatic carbocycles. The van der Waals surface area contributed by atoms with Gasteiger partial charge in [-0.25, -0.2) is 4.39 Å². The van der Waals surface area contributed by atoms with Crippen LogP contribution >= 0.6 is 0 Å². The summed E-state index contributed by atoms with van der Waals surface area (Å²) in [6, 6.07) is 5.54. The number of alkyl halides is 3. The highest BCUT2D eigenvalue weighted by atomic mass is 19.4. The second-order valence-electron chi connectivity index (χ2n) is 4.40. The molecule has 5 heteroatoms. The van der Waals surface area contributed by atoms with E-state index >= 15 is 0 Å². The van der Waals surface area contributed by atoms with Crippen molar-refractivity contribution in [3.05, 3.63) is 53.4 Å². The third kappa shape index (κ3) is 3.59. The number of ether oxygens (including phenoxy) is 1. The molecule has 0 heterocycles. The summed E-state index contributed by atoms with van der Waals surface area (Å²) < 4.78 is 53.1. The zero-order valence-electron chi connectivity index (χ0n) is 10.2. The summed E-state index contributed by atoms with van der Waals surface area (Å²) in [4.78, 5) is 0. The fourth-order valence-corrected chi connectivity index (χ4v) is 2.04. The summed E-state index contributed by atoms with van der Waals surface area (Å²) in [7, 11) is 0. The molecule has 1 nitrogen and oxygen atoms in total. The number of hydrogen-bond acceptors (Lipinski definition) is 1. The molecule has 0 amide bonds. The van der Waals surface area contributed by atoms with Crippen molar-refractivity contribution in [1.29, 1.82) is 0 Å². The van der Waals surface area contributed by atoms with E-state index in [0.717, 1.165) is 11.1 Å². The van der Waals surface area contributed by atoms with E-state index in [-0.39, 0.29) is 23.9 Å². The van der Waals surface area contributed by atoms with Crippen molar-refractivity contribution in [2.75, 3.05) is 0 Å². The molecule has 1 aromatic rings. The van der Waals surface area contributed by atoms with Crippen molar-refractivity contribution < 1.29 is 22.3 Å². The standard InChI is InChI=1S/C14H12F4O/c1-9-2-5-11(15)8-13(9)10-3-6-12(7-4-10)19-14(16,17)18/h2-7,13H,8H2,1H3. The SMILES string of the molecule is CC1=CC=C(F)CC1c1ccc(OC(F)(F)F)cc1. The topological polar surface area (TPSA) is 9.23 Å². The molecule has 1 atom stereocenters. The van der Waals surface area contributed by atoms with Gasteiger partial charge in [0, 0.05) is 12.3 Å². The Kier molecular flexibility index (Phi) is 3.64. The van der Waals surface area contributed by atoms with Gasteiger partial charge in [-0.1, -0.05) is 23.8 Å². The summed E-state index contributed by atoms with van der Waals surface area (Å²) in [5.74, 6) is -0.638. The summed E-state index contributed by atoms with van der Waals surface area (Å²) >= 11 is 0. The summed E-state index contributed by atoms with van der Waals surface area (Å²) in [5.41, 5.74) is 1.75. The Morgan fingerprint density at radius 2 is 1.74 bits per heavy atom. The minimum Gasteiger partial charge on any atom is -0.406 e. The third-order valence-corrected chi connectivity index (χ3v) is 2.99. The Hall–Kier alpha value is -1.78. The summed E-state index contributed by atoms with van der Waals surface area (Å²) in [5, 5.41) is 0. The van der Waals surface area contributed by atoms with Crippen molar-refractivity contribution in [3.63, 3.8) is 0 Å². The van der Waals surface area contributed by atoms with Crippen LogP contribution in [0.1, 0.15) is 24.8 Å². The lowest BCUT2D eigenvalue weighted by atomic mass is 9.86. The molecule has 19 heavy (non-hydrogen) atoms. The van der Waals surface area contributed by atoms with E-state index < -0.39 is 6.36 Å². The van der Waals surface area contributed by atoms with Crippen LogP contribution in [0, 0.1) is 0 Å². The van der Waals surface area contributed by atoms with Crippen molar-refractivity contribution in [2.45, 2.75) is 25.6 Å². The summed E-state index contributed by atoms with van der Waals surface area (Å²) in [6.07, 6.45) is -1.37. The molecule has 1 aliphatic carbocycles. The highest BCUT2D eigenvalue weighted by Crippen LogP contribution is 2.35. The Bertz CT molecular complexity index is 511. The molecule has 2 rings (SSSR count). The first-order chi connectivity index (χ1) is 8.85. The summed E-state index contributed by atoms with van der Waals surface area (Å²) in [6.45, 7) is 1.87. The molecule has 102 valence electrons. The van der Waals surface area contributed by atoms with Gasteiger partial charge in [0.05, 0.1) is 0 Å². The minimum atomic E-state index is -4.70. The number of benzene rings is 1. The van der Waals surface area contributed by atoms with Gasteiger partial charge in [-0.2, -0.15) is 0 Å². The van der Waals surface area contributed by atoms with Gasteiger partial charge >= 0.3 is 6.36 Å². The van der Waals surface area contributed by atoms with Crippen LogP contribution in [-0.4, -0.2) is 6.36 Å². The van der Waals surface area contributed by atoms with Crippen molar-refractivity contribution >= 4 is 0 Å². The molecule has 0 radical (unpaired) electrons. The molecule has 0 saturated carbocycles. The van der Waals surface area contributed by atoms with Gasteiger partial charge in [0.1, 0.15) is 11.6 Å². The third-order valence-electron chi connectivity index (χ3n) is 2.99. The molecule has 0 aromatic heterocycles. The average molecular weight is 272 g/mol. The second kappa shape index (κ2) is 5.07. The van der Waals surface area contributed by atoms with E-state index in [1.54, 1.807) is 6.08 Å². The van der Waals surface area contributed by atoms with Crippen molar-refractivity contribution in [1.82, 2.24) is 0 Å².